The van der Waals surface area contributed by atoms with Gasteiger partial charge in [0.25, 0.3) is 5.56 Å². The highest BCUT2D eigenvalue weighted by molar-refractivity contribution is 9.10. The summed E-state index contributed by atoms with van der Waals surface area (Å²) in [6.07, 6.45) is 1.83. The molecule has 172 valence electrons. The first-order valence-electron chi connectivity index (χ1n) is 10.5. The van der Waals surface area contributed by atoms with Crippen LogP contribution in [0, 0.1) is 11.3 Å². The third-order valence-electron chi connectivity index (χ3n) is 5.31. The summed E-state index contributed by atoms with van der Waals surface area (Å²) in [7, 11) is 1.65. The maximum absolute atomic E-state index is 12.9. The quantitative estimate of drug-likeness (QED) is 0.400. The summed E-state index contributed by atoms with van der Waals surface area (Å²) in [4.78, 5) is 30.2. The minimum absolute atomic E-state index is 0.0341. The molecule has 9 heteroatoms. The topological polar surface area (TPSA) is 89.9 Å². The van der Waals surface area contributed by atoms with Gasteiger partial charge in [0, 0.05) is 30.8 Å². The van der Waals surface area contributed by atoms with E-state index < -0.39 is 11.9 Å². The fourth-order valence-electron chi connectivity index (χ4n) is 3.85. The van der Waals surface area contributed by atoms with Crippen molar-refractivity contribution in [1.82, 2.24) is 14.1 Å². The molecule has 0 N–H and O–H groups in total. The summed E-state index contributed by atoms with van der Waals surface area (Å²) in [6.45, 7) is 5.92. The number of halogens is 2. The predicted octanol–water partition coefficient (Wildman–Crippen LogP) is 5.00. The molecule has 0 aliphatic carbocycles. The Balaban J connectivity index is 2.29. The number of aryl methyl sites for hydroxylation is 1. The van der Waals surface area contributed by atoms with Gasteiger partial charge >= 0.3 is 5.97 Å². The van der Waals surface area contributed by atoms with Crippen molar-refractivity contribution in [3.05, 3.63) is 84.7 Å². The number of nitriles is 1. The number of benzene rings is 1. The van der Waals surface area contributed by atoms with Gasteiger partial charge < -0.3 is 13.9 Å². The molecule has 7 nitrogen and oxygen atoms in total. The molecule has 3 rings (SSSR count). The Morgan fingerprint density at radius 1 is 1.30 bits per heavy atom. The lowest BCUT2D eigenvalue weighted by atomic mass is 9.87. The molecule has 1 unspecified atom stereocenters. The molecule has 2 aromatic heterocycles. The highest BCUT2D eigenvalue weighted by Gasteiger charge is 2.31. The molecule has 0 amide bonds. The van der Waals surface area contributed by atoms with Crippen LogP contribution in [0.5, 0.6) is 0 Å². The molecule has 0 spiro atoms. The van der Waals surface area contributed by atoms with E-state index in [4.69, 9.17) is 16.3 Å². The lowest BCUT2D eigenvalue weighted by Gasteiger charge is -2.23. The number of esters is 1. The third kappa shape index (κ3) is 5.21. The number of imidazole rings is 1. The van der Waals surface area contributed by atoms with E-state index in [-0.39, 0.29) is 30.3 Å². The van der Waals surface area contributed by atoms with Crippen LogP contribution in [0.3, 0.4) is 0 Å². The van der Waals surface area contributed by atoms with Crippen molar-refractivity contribution >= 4 is 33.5 Å². The fraction of sp³-hybridized carbons (Fsp3) is 0.333. The van der Waals surface area contributed by atoms with Crippen LogP contribution in [0.25, 0.3) is 0 Å². The minimum Gasteiger partial charge on any atom is -0.461 e. The van der Waals surface area contributed by atoms with E-state index in [1.165, 1.54) is 4.57 Å². The van der Waals surface area contributed by atoms with Crippen LogP contribution >= 0.6 is 27.5 Å². The summed E-state index contributed by atoms with van der Waals surface area (Å²) in [5, 5.41) is 9.66. The fourth-order valence-corrected chi connectivity index (χ4v) is 4.91. The van der Waals surface area contributed by atoms with Gasteiger partial charge in [0.2, 0.25) is 0 Å². The smallest absolute Gasteiger partial charge is 0.358 e. The van der Waals surface area contributed by atoms with Gasteiger partial charge in [0.1, 0.15) is 0 Å². The minimum atomic E-state index is -0.537. The maximum atomic E-state index is 12.9. The van der Waals surface area contributed by atoms with Gasteiger partial charge in [-0.25, -0.2) is 9.78 Å². The largest absolute Gasteiger partial charge is 0.461 e. The second kappa shape index (κ2) is 10.4. The molecule has 1 atom stereocenters. The number of carbonyl (C=O) groups excluding carboxylic acids is 1. The zero-order valence-electron chi connectivity index (χ0n) is 18.8. The van der Waals surface area contributed by atoms with E-state index >= 15 is 0 Å². The first-order valence-corrected chi connectivity index (χ1v) is 11.6. The van der Waals surface area contributed by atoms with Gasteiger partial charge in [0.05, 0.1) is 29.0 Å². The molecule has 0 bridgehead atoms. The van der Waals surface area contributed by atoms with E-state index in [9.17, 15) is 14.9 Å². The summed E-state index contributed by atoms with van der Waals surface area (Å²) in [6, 6.07) is 10.8. The van der Waals surface area contributed by atoms with Crippen molar-refractivity contribution in [2.24, 2.45) is 7.05 Å². The van der Waals surface area contributed by atoms with Crippen LogP contribution in [0.4, 0.5) is 0 Å². The Hall–Kier alpha value is -2.89. The van der Waals surface area contributed by atoms with Crippen LogP contribution in [-0.2, 0) is 18.2 Å². The average molecular weight is 532 g/mol. The molecular formula is C24H24BrClN4O3. The number of hydrogen-bond acceptors (Lipinski definition) is 5. The number of carbonyl (C=O) groups is 1. The van der Waals surface area contributed by atoms with Gasteiger partial charge in [-0.05, 0) is 66.9 Å². The molecular weight excluding hydrogens is 508 g/mol. The maximum Gasteiger partial charge on any atom is 0.358 e. The molecule has 3 aromatic rings. The van der Waals surface area contributed by atoms with Gasteiger partial charge in [0.15, 0.2) is 10.4 Å². The zero-order valence-corrected chi connectivity index (χ0v) is 21.1. The van der Waals surface area contributed by atoms with Crippen LogP contribution in [0.15, 0.2) is 46.1 Å². The predicted molar refractivity (Wildman–Crippen MR) is 130 cm³/mol. The van der Waals surface area contributed by atoms with Crippen LogP contribution in [0.1, 0.15) is 65.6 Å². The number of nitrogens with zero attached hydrogens (tertiary/aromatic N) is 4. The molecule has 0 saturated heterocycles. The van der Waals surface area contributed by atoms with E-state index in [1.54, 1.807) is 38.4 Å². The zero-order chi connectivity index (χ0) is 24.3. The van der Waals surface area contributed by atoms with E-state index in [0.29, 0.717) is 26.6 Å². The van der Waals surface area contributed by atoms with E-state index in [2.05, 4.69) is 27.0 Å². The average Bonchev–Trinajstić information content (AvgIpc) is 3.12. The number of aromatic nitrogens is 3. The number of hydrogen-bond donors (Lipinski definition) is 0. The van der Waals surface area contributed by atoms with Crippen molar-refractivity contribution in [3.8, 4) is 6.07 Å². The standard InChI is InChI=1S/C24H24BrClN4O3/c1-5-33-23(32)20-21(30(14(2)3)24(25)28-20)19(16-8-6-15(12-27)7-9-16)11-17-10-18(26)13-29(4)22(17)31/h6-10,13-14,19H,5,11H2,1-4H3. The lowest BCUT2D eigenvalue weighted by molar-refractivity contribution is 0.0518. The Bertz CT molecular complexity index is 1270. The summed E-state index contributed by atoms with van der Waals surface area (Å²) < 4.78 is 9.14. The number of pyridine rings is 1. The number of ether oxygens (including phenoxy) is 1. The SMILES string of the molecule is CCOC(=O)c1nc(Br)n(C(C)C)c1C(Cc1cc(Cl)cn(C)c1=O)c1ccc(C#N)cc1. The molecule has 33 heavy (non-hydrogen) atoms. The molecule has 0 aliphatic heterocycles. The highest BCUT2D eigenvalue weighted by atomic mass is 79.9. The van der Waals surface area contributed by atoms with Crippen LogP contribution < -0.4 is 5.56 Å². The molecule has 0 fully saturated rings. The van der Waals surface area contributed by atoms with Crippen molar-refractivity contribution in [2.75, 3.05) is 6.61 Å². The van der Waals surface area contributed by atoms with Gasteiger partial charge in [-0.1, -0.05) is 23.7 Å². The highest BCUT2D eigenvalue weighted by Crippen LogP contribution is 2.35. The molecule has 0 radical (unpaired) electrons. The molecule has 2 heterocycles. The Kier molecular flexibility index (Phi) is 7.77. The Morgan fingerprint density at radius 2 is 1.97 bits per heavy atom. The van der Waals surface area contributed by atoms with E-state index in [0.717, 1.165) is 5.56 Å². The second-order valence-electron chi connectivity index (χ2n) is 7.89. The van der Waals surface area contributed by atoms with Gasteiger partial charge in [-0.3, -0.25) is 4.79 Å². The van der Waals surface area contributed by atoms with Gasteiger partial charge in [-0.15, -0.1) is 0 Å². The first-order chi connectivity index (χ1) is 15.7. The van der Waals surface area contributed by atoms with Crippen molar-refractivity contribution in [2.45, 2.75) is 39.2 Å². The normalized spacial score (nSPS) is 11.9. The molecule has 0 saturated carbocycles. The Labute approximate surface area is 205 Å². The lowest BCUT2D eigenvalue weighted by Crippen LogP contribution is -2.24. The summed E-state index contributed by atoms with van der Waals surface area (Å²) in [5.41, 5.74) is 2.48. The third-order valence-corrected chi connectivity index (χ3v) is 6.08. The van der Waals surface area contributed by atoms with Crippen molar-refractivity contribution in [1.29, 1.82) is 5.26 Å². The van der Waals surface area contributed by atoms with Gasteiger partial charge in [-0.2, -0.15) is 5.26 Å². The molecule has 1 aromatic carbocycles. The van der Waals surface area contributed by atoms with Crippen molar-refractivity contribution < 1.29 is 9.53 Å². The van der Waals surface area contributed by atoms with Crippen LogP contribution in [-0.4, -0.2) is 26.7 Å². The molecule has 0 aliphatic rings. The first kappa shape index (κ1) is 24.7. The summed E-state index contributed by atoms with van der Waals surface area (Å²) >= 11 is 9.74. The van der Waals surface area contributed by atoms with Crippen LogP contribution in [0.2, 0.25) is 5.02 Å². The second-order valence-corrected chi connectivity index (χ2v) is 9.03. The van der Waals surface area contributed by atoms with Crippen molar-refractivity contribution in [3.63, 3.8) is 0 Å². The Morgan fingerprint density at radius 3 is 2.55 bits per heavy atom. The monoisotopic (exact) mass is 530 g/mol. The van der Waals surface area contributed by atoms with E-state index in [1.807, 2.05) is 30.5 Å². The summed E-state index contributed by atoms with van der Waals surface area (Å²) in [5.74, 6) is -0.963. The number of rotatable bonds is 7.